The fraction of sp³-hybridized carbons (Fsp3) is 0.571. The van der Waals surface area contributed by atoms with Crippen LogP contribution in [0.15, 0.2) is 18.2 Å². The van der Waals surface area contributed by atoms with E-state index in [0.29, 0.717) is 0 Å². The Morgan fingerprint density at radius 1 is 1.32 bits per heavy atom. The minimum absolute atomic E-state index is 0.0557. The molecule has 0 saturated carbocycles. The molecule has 1 aromatic carbocycles. The Morgan fingerprint density at radius 2 is 1.89 bits per heavy atom. The van der Waals surface area contributed by atoms with Gasteiger partial charge in [-0.05, 0) is 43.4 Å². The summed E-state index contributed by atoms with van der Waals surface area (Å²) < 4.78 is 26.2. The zero-order valence-electron chi connectivity index (χ0n) is 12.2. The fourth-order valence-electron chi connectivity index (χ4n) is 1.51. The summed E-state index contributed by atoms with van der Waals surface area (Å²) >= 11 is 0. The molecule has 108 valence electrons. The molecule has 0 aliphatic rings. The molecule has 0 amide bonds. The first kappa shape index (κ1) is 15.8. The standard InChI is InChI=1S/C14H23NO3S/c1-6-14(4,5)11-7-8-13(16)12(9-11)15-19(17,18)10(2)3/h7-10,15-16H,6H2,1-5H3. The molecular formula is C14H23NO3S. The number of hydrogen-bond donors (Lipinski definition) is 2. The third-order valence-corrected chi connectivity index (χ3v) is 5.28. The second kappa shape index (κ2) is 5.41. The van der Waals surface area contributed by atoms with Crippen molar-refractivity contribution in [2.75, 3.05) is 4.72 Å². The summed E-state index contributed by atoms with van der Waals surface area (Å²) in [6, 6.07) is 5.07. The predicted octanol–water partition coefficient (Wildman–Crippen LogP) is 3.23. The molecule has 0 aliphatic heterocycles. The zero-order chi connectivity index (χ0) is 14.8. The van der Waals surface area contributed by atoms with E-state index in [-0.39, 0.29) is 16.9 Å². The number of anilines is 1. The van der Waals surface area contributed by atoms with Crippen LogP contribution in [0.25, 0.3) is 0 Å². The summed E-state index contributed by atoms with van der Waals surface area (Å²) in [7, 11) is -3.45. The number of sulfonamides is 1. The molecule has 0 heterocycles. The maximum Gasteiger partial charge on any atom is 0.235 e. The van der Waals surface area contributed by atoms with Gasteiger partial charge in [0, 0.05) is 0 Å². The molecule has 1 rings (SSSR count). The molecule has 0 aliphatic carbocycles. The smallest absolute Gasteiger partial charge is 0.235 e. The average Bonchev–Trinajstić information content (AvgIpc) is 2.31. The van der Waals surface area contributed by atoms with Gasteiger partial charge in [-0.2, -0.15) is 0 Å². The molecule has 0 unspecified atom stereocenters. The maximum atomic E-state index is 11.9. The SMILES string of the molecule is CCC(C)(C)c1ccc(O)c(NS(=O)(=O)C(C)C)c1. The van der Waals surface area contributed by atoms with Gasteiger partial charge in [0.2, 0.25) is 10.0 Å². The van der Waals surface area contributed by atoms with Gasteiger partial charge in [0.1, 0.15) is 5.75 Å². The van der Waals surface area contributed by atoms with E-state index in [9.17, 15) is 13.5 Å². The lowest BCUT2D eigenvalue weighted by atomic mass is 9.82. The van der Waals surface area contributed by atoms with E-state index in [4.69, 9.17) is 0 Å². The zero-order valence-corrected chi connectivity index (χ0v) is 13.0. The molecule has 0 radical (unpaired) electrons. The molecule has 19 heavy (non-hydrogen) atoms. The van der Waals surface area contributed by atoms with Crippen molar-refractivity contribution in [3.05, 3.63) is 23.8 Å². The molecule has 0 aromatic heterocycles. The van der Waals surface area contributed by atoms with Crippen molar-refractivity contribution in [1.29, 1.82) is 0 Å². The molecule has 2 N–H and O–H groups in total. The Morgan fingerprint density at radius 3 is 2.37 bits per heavy atom. The molecule has 0 fully saturated rings. The summed E-state index contributed by atoms with van der Waals surface area (Å²) in [5, 5.41) is 9.25. The van der Waals surface area contributed by atoms with Crippen LogP contribution < -0.4 is 4.72 Å². The predicted molar refractivity (Wildman–Crippen MR) is 79.1 cm³/mol. The topological polar surface area (TPSA) is 66.4 Å². The van der Waals surface area contributed by atoms with Gasteiger partial charge in [0.25, 0.3) is 0 Å². The monoisotopic (exact) mass is 285 g/mol. The van der Waals surface area contributed by atoms with Gasteiger partial charge in [0.05, 0.1) is 10.9 Å². The largest absolute Gasteiger partial charge is 0.506 e. The van der Waals surface area contributed by atoms with E-state index >= 15 is 0 Å². The lowest BCUT2D eigenvalue weighted by Gasteiger charge is -2.24. The lowest BCUT2D eigenvalue weighted by molar-refractivity contribution is 0.473. The van der Waals surface area contributed by atoms with Gasteiger partial charge in [-0.15, -0.1) is 0 Å². The van der Waals surface area contributed by atoms with Crippen LogP contribution in [0.5, 0.6) is 5.75 Å². The van der Waals surface area contributed by atoms with Crippen molar-refractivity contribution in [3.63, 3.8) is 0 Å². The van der Waals surface area contributed by atoms with Crippen LogP contribution >= 0.6 is 0 Å². The van der Waals surface area contributed by atoms with Gasteiger partial charge in [-0.25, -0.2) is 8.42 Å². The number of benzene rings is 1. The molecule has 1 aromatic rings. The highest BCUT2D eigenvalue weighted by Crippen LogP contribution is 2.33. The van der Waals surface area contributed by atoms with Crippen molar-refractivity contribution in [2.24, 2.45) is 0 Å². The molecular weight excluding hydrogens is 262 g/mol. The highest BCUT2D eigenvalue weighted by atomic mass is 32.2. The van der Waals surface area contributed by atoms with E-state index in [1.807, 2.05) is 6.07 Å². The van der Waals surface area contributed by atoms with E-state index in [1.165, 1.54) is 6.07 Å². The van der Waals surface area contributed by atoms with Crippen LogP contribution in [-0.2, 0) is 15.4 Å². The van der Waals surface area contributed by atoms with E-state index in [2.05, 4.69) is 25.5 Å². The number of rotatable bonds is 5. The second-order valence-electron chi connectivity index (χ2n) is 5.67. The molecule has 0 saturated heterocycles. The summed E-state index contributed by atoms with van der Waals surface area (Å²) in [4.78, 5) is 0. The van der Waals surface area contributed by atoms with Crippen molar-refractivity contribution in [3.8, 4) is 5.75 Å². The minimum Gasteiger partial charge on any atom is -0.506 e. The summed E-state index contributed by atoms with van der Waals surface area (Å²) in [5.41, 5.74) is 1.17. The Hall–Kier alpha value is -1.23. The van der Waals surface area contributed by atoms with Crippen molar-refractivity contribution in [1.82, 2.24) is 0 Å². The normalized spacial score (nSPS) is 12.7. The summed E-state index contributed by atoms with van der Waals surface area (Å²) in [5.74, 6) is -0.0557. The van der Waals surface area contributed by atoms with E-state index in [1.54, 1.807) is 19.9 Å². The third-order valence-electron chi connectivity index (χ3n) is 3.53. The van der Waals surface area contributed by atoms with Crippen LogP contribution in [-0.4, -0.2) is 18.8 Å². The summed E-state index contributed by atoms with van der Waals surface area (Å²) in [6.45, 7) is 9.43. The lowest BCUT2D eigenvalue weighted by Crippen LogP contribution is -2.23. The number of phenolic OH excluding ortho intramolecular Hbond substituents is 1. The fourth-order valence-corrected chi connectivity index (χ4v) is 2.22. The maximum absolute atomic E-state index is 11.9. The quantitative estimate of drug-likeness (QED) is 0.816. The second-order valence-corrected chi connectivity index (χ2v) is 7.90. The van der Waals surface area contributed by atoms with E-state index in [0.717, 1.165) is 12.0 Å². The van der Waals surface area contributed by atoms with Crippen LogP contribution in [0.3, 0.4) is 0 Å². The summed E-state index contributed by atoms with van der Waals surface area (Å²) in [6.07, 6.45) is 0.925. The number of aromatic hydroxyl groups is 1. The van der Waals surface area contributed by atoms with Gasteiger partial charge >= 0.3 is 0 Å². The van der Waals surface area contributed by atoms with Crippen molar-refractivity contribution < 1.29 is 13.5 Å². The molecule has 4 nitrogen and oxygen atoms in total. The Balaban J connectivity index is 3.20. The van der Waals surface area contributed by atoms with Crippen LogP contribution in [0.4, 0.5) is 5.69 Å². The number of hydrogen-bond acceptors (Lipinski definition) is 3. The van der Waals surface area contributed by atoms with Gasteiger partial charge in [-0.3, -0.25) is 4.72 Å². The van der Waals surface area contributed by atoms with Crippen LogP contribution in [0, 0.1) is 0 Å². The number of phenols is 1. The van der Waals surface area contributed by atoms with Gasteiger partial charge in [0.15, 0.2) is 0 Å². The first-order chi connectivity index (χ1) is 8.60. The van der Waals surface area contributed by atoms with Crippen LogP contribution in [0.2, 0.25) is 0 Å². The number of nitrogens with one attached hydrogen (secondary N) is 1. The van der Waals surface area contributed by atoms with E-state index < -0.39 is 15.3 Å². The van der Waals surface area contributed by atoms with Gasteiger partial charge in [-0.1, -0.05) is 26.8 Å². The molecule has 0 atom stereocenters. The Bertz CT molecular complexity index is 548. The average molecular weight is 285 g/mol. The van der Waals surface area contributed by atoms with Gasteiger partial charge < -0.3 is 5.11 Å². The first-order valence-corrected chi connectivity index (χ1v) is 8.00. The minimum atomic E-state index is -3.45. The van der Waals surface area contributed by atoms with Crippen molar-refractivity contribution >= 4 is 15.7 Å². The van der Waals surface area contributed by atoms with Crippen molar-refractivity contribution in [2.45, 2.75) is 51.7 Å². The molecule has 0 bridgehead atoms. The highest BCUT2D eigenvalue weighted by molar-refractivity contribution is 7.93. The third kappa shape index (κ3) is 3.62. The van der Waals surface area contributed by atoms with Crippen LogP contribution in [0.1, 0.15) is 46.6 Å². The molecule has 0 spiro atoms. The Kier molecular flexibility index (Phi) is 4.50. The molecule has 5 heteroatoms. The first-order valence-electron chi connectivity index (χ1n) is 6.45. The highest BCUT2D eigenvalue weighted by Gasteiger charge is 2.22. The Labute approximate surface area is 115 Å².